The van der Waals surface area contributed by atoms with Crippen LogP contribution in [-0.2, 0) is 27.4 Å². The summed E-state index contributed by atoms with van der Waals surface area (Å²) in [5.74, 6) is -0.983. The fourth-order valence-electron chi connectivity index (χ4n) is 5.31. The number of nitrogens with zero attached hydrogens (tertiary/aromatic N) is 4. The Morgan fingerprint density at radius 3 is 2.70 bits per heavy atom. The van der Waals surface area contributed by atoms with Crippen LogP contribution in [-0.4, -0.2) is 58.0 Å². The predicted octanol–water partition coefficient (Wildman–Crippen LogP) is 2.22. The third-order valence-electron chi connectivity index (χ3n) is 7.19. The summed E-state index contributed by atoms with van der Waals surface area (Å²) in [6.45, 7) is -0.343. The standard InChI is InChI=1S/C29H25N5O6/c1-39-26-22-20(15-40-29(26)38)28(37)33-14-19-18(13-31-34(11-12-35)27(36)16-7-3-2-4-8-16)17-9-5-6-10-21(17)32-24(19)25(33)23(22)30/h2-10,13,26,35H,11-12,14-15,30H2,1H3. The molecule has 0 radical (unpaired) electrons. The van der Waals surface area contributed by atoms with Crippen LogP contribution in [0.2, 0.25) is 0 Å². The number of nitrogens with two attached hydrogens (primary N) is 1. The molecule has 11 nitrogen and oxygen atoms in total. The van der Waals surface area contributed by atoms with Crippen LogP contribution in [0.4, 0.5) is 5.69 Å². The average Bonchev–Trinajstić information content (AvgIpc) is 3.37. The molecule has 4 heterocycles. The highest BCUT2D eigenvalue weighted by atomic mass is 16.6. The highest BCUT2D eigenvalue weighted by Gasteiger charge is 2.38. The SMILES string of the molecule is COC1C(=O)OCc2c1c(N)c1n(c2=O)Cc2c-1nc1ccccc1c2C=NN(CCO)C(=O)c1ccccc1. The number of hydrazone groups is 1. The number of carbonyl (C=O) groups excluding carboxylic acids is 2. The van der Waals surface area contributed by atoms with Crippen LogP contribution in [0, 0.1) is 0 Å². The van der Waals surface area contributed by atoms with E-state index in [1.54, 1.807) is 30.5 Å². The lowest BCUT2D eigenvalue weighted by molar-refractivity contribution is -0.159. The van der Waals surface area contributed by atoms with Gasteiger partial charge in [-0.05, 0) is 18.2 Å². The monoisotopic (exact) mass is 539 g/mol. The minimum absolute atomic E-state index is 0.0127. The van der Waals surface area contributed by atoms with E-state index in [9.17, 15) is 19.5 Å². The lowest BCUT2D eigenvalue weighted by Crippen LogP contribution is -2.34. The number of hydrogen-bond donors (Lipinski definition) is 2. The maximum Gasteiger partial charge on any atom is 0.340 e. The summed E-state index contributed by atoms with van der Waals surface area (Å²) in [6, 6.07) is 16.1. The number of aliphatic hydroxyl groups is 1. The lowest BCUT2D eigenvalue weighted by atomic mass is 9.96. The molecule has 2 aliphatic heterocycles. The van der Waals surface area contributed by atoms with E-state index < -0.39 is 12.1 Å². The number of hydrogen-bond acceptors (Lipinski definition) is 9. The van der Waals surface area contributed by atoms with Crippen LogP contribution in [0.5, 0.6) is 0 Å². The number of aromatic nitrogens is 2. The number of aliphatic hydroxyl groups excluding tert-OH is 1. The number of rotatable bonds is 6. The molecule has 1 atom stereocenters. The average molecular weight is 540 g/mol. The van der Waals surface area contributed by atoms with Crippen molar-refractivity contribution < 1.29 is 24.2 Å². The molecule has 1 unspecified atom stereocenters. The van der Waals surface area contributed by atoms with Gasteiger partial charge in [0.2, 0.25) is 0 Å². The summed E-state index contributed by atoms with van der Waals surface area (Å²) in [4.78, 5) is 44.0. The number of nitrogen functional groups attached to an aromatic ring is 1. The molecule has 0 spiro atoms. The van der Waals surface area contributed by atoms with Gasteiger partial charge in [-0.1, -0.05) is 36.4 Å². The predicted molar refractivity (Wildman–Crippen MR) is 147 cm³/mol. The Kier molecular flexibility index (Phi) is 6.37. The van der Waals surface area contributed by atoms with E-state index in [1.165, 1.54) is 16.7 Å². The minimum atomic E-state index is -1.12. The first-order chi connectivity index (χ1) is 19.4. The van der Waals surface area contributed by atoms with Crippen molar-refractivity contribution in [2.45, 2.75) is 19.3 Å². The number of cyclic esters (lactones) is 1. The summed E-state index contributed by atoms with van der Waals surface area (Å²) in [6.07, 6.45) is 0.431. The molecule has 6 rings (SSSR count). The Hall–Kier alpha value is -4.87. The Morgan fingerprint density at radius 2 is 1.95 bits per heavy atom. The second-order valence-corrected chi connectivity index (χ2v) is 9.40. The first-order valence-electron chi connectivity index (χ1n) is 12.6. The summed E-state index contributed by atoms with van der Waals surface area (Å²) >= 11 is 0. The van der Waals surface area contributed by atoms with E-state index in [-0.39, 0.29) is 49.0 Å². The van der Waals surface area contributed by atoms with Crippen LogP contribution in [0.25, 0.3) is 22.3 Å². The fourth-order valence-corrected chi connectivity index (χ4v) is 5.31. The number of pyridine rings is 2. The summed E-state index contributed by atoms with van der Waals surface area (Å²) in [7, 11) is 1.36. The molecule has 3 N–H and O–H groups in total. The highest BCUT2D eigenvalue weighted by Crippen LogP contribution is 2.42. The van der Waals surface area contributed by atoms with Crippen molar-refractivity contribution in [3.63, 3.8) is 0 Å². The molecular formula is C29H25N5O6. The number of amides is 1. The largest absolute Gasteiger partial charge is 0.458 e. The quantitative estimate of drug-likeness (QED) is 0.190. The van der Waals surface area contributed by atoms with Gasteiger partial charge in [0.25, 0.3) is 11.5 Å². The van der Waals surface area contributed by atoms with Gasteiger partial charge in [-0.2, -0.15) is 5.10 Å². The van der Waals surface area contributed by atoms with Crippen molar-refractivity contribution in [3.05, 3.63) is 92.8 Å². The molecule has 0 saturated carbocycles. The first kappa shape index (κ1) is 25.4. The molecule has 0 aliphatic carbocycles. The van der Waals surface area contributed by atoms with Gasteiger partial charge < -0.3 is 24.9 Å². The molecule has 0 saturated heterocycles. The van der Waals surface area contributed by atoms with Gasteiger partial charge in [0.05, 0.1) is 54.1 Å². The van der Waals surface area contributed by atoms with Crippen molar-refractivity contribution in [2.75, 3.05) is 26.0 Å². The van der Waals surface area contributed by atoms with Gasteiger partial charge >= 0.3 is 5.97 Å². The molecule has 2 aliphatic rings. The van der Waals surface area contributed by atoms with Gasteiger partial charge in [0, 0.05) is 34.7 Å². The van der Waals surface area contributed by atoms with Crippen molar-refractivity contribution >= 4 is 34.7 Å². The van der Waals surface area contributed by atoms with E-state index in [2.05, 4.69) is 5.10 Å². The fraction of sp³-hybridized carbons (Fsp3) is 0.207. The van der Waals surface area contributed by atoms with Gasteiger partial charge in [-0.15, -0.1) is 0 Å². The zero-order chi connectivity index (χ0) is 28.0. The molecular weight excluding hydrogens is 514 g/mol. The Balaban J connectivity index is 1.53. The molecule has 1 amide bonds. The summed E-state index contributed by atoms with van der Waals surface area (Å²) < 4.78 is 12.1. The molecule has 0 fully saturated rings. The zero-order valence-electron chi connectivity index (χ0n) is 21.5. The van der Waals surface area contributed by atoms with E-state index in [1.807, 2.05) is 30.3 Å². The molecule has 2 aromatic carbocycles. The molecule has 0 bridgehead atoms. The van der Waals surface area contributed by atoms with E-state index in [0.29, 0.717) is 39.2 Å². The summed E-state index contributed by atoms with van der Waals surface area (Å²) in [5, 5.41) is 16.1. The summed E-state index contributed by atoms with van der Waals surface area (Å²) in [5.41, 5.74) is 10.3. The van der Waals surface area contributed by atoms with Crippen LogP contribution in [0.15, 0.2) is 64.5 Å². The van der Waals surface area contributed by atoms with E-state index in [0.717, 1.165) is 5.39 Å². The minimum Gasteiger partial charge on any atom is -0.458 e. The highest BCUT2D eigenvalue weighted by molar-refractivity contribution is 6.04. The molecule has 40 heavy (non-hydrogen) atoms. The third kappa shape index (κ3) is 3.94. The Labute approximate surface area is 228 Å². The number of esters is 1. The van der Waals surface area contributed by atoms with E-state index in [4.69, 9.17) is 20.2 Å². The van der Waals surface area contributed by atoms with Crippen molar-refractivity contribution in [2.24, 2.45) is 5.10 Å². The first-order valence-corrected chi connectivity index (χ1v) is 12.6. The van der Waals surface area contributed by atoms with Gasteiger partial charge in [0.1, 0.15) is 6.61 Å². The maximum absolute atomic E-state index is 13.6. The molecule has 11 heteroatoms. The number of fused-ring (bicyclic) bond motifs is 5. The lowest BCUT2D eigenvalue weighted by Gasteiger charge is -2.26. The van der Waals surface area contributed by atoms with E-state index >= 15 is 0 Å². The van der Waals surface area contributed by atoms with Crippen LogP contribution >= 0.6 is 0 Å². The second kappa shape index (κ2) is 10.0. The van der Waals surface area contributed by atoms with Crippen LogP contribution in [0.3, 0.4) is 0 Å². The van der Waals surface area contributed by atoms with Gasteiger partial charge in [-0.3, -0.25) is 9.59 Å². The second-order valence-electron chi connectivity index (χ2n) is 9.40. The third-order valence-corrected chi connectivity index (χ3v) is 7.19. The molecule has 2 aromatic heterocycles. The Bertz CT molecular complexity index is 1770. The number of carbonyl (C=O) groups is 2. The number of benzene rings is 2. The van der Waals surface area contributed by atoms with Crippen LogP contribution < -0.4 is 11.3 Å². The zero-order valence-corrected chi connectivity index (χ0v) is 21.5. The van der Waals surface area contributed by atoms with Crippen molar-refractivity contribution in [1.29, 1.82) is 0 Å². The van der Waals surface area contributed by atoms with Crippen LogP contribution in [0.1, 0.15) is 38.7 Å². The van der Waals surface area contributed by atoms with Crippen molar-refractivity contribution in [1.82, 2.24) is 14.6 Å². The number of anilines is 1. The molecule has 4 aromatic rings. The van der Waals surface area contributed by atoms with Gasteiger partial charge in [0.15, 0.2) is 6.10 Å². The Morgan fingerprint density at radius 1 is 1.20 bits per heavy atom. The van der Waals surface area contributed by atoms with Crippen molar-refractivity contribution in [3.8, 4) is 11.4 Å². The number of ether oxygens (including phenoxy) is 2. The topological polar surface area (TPSA) is 149 Å². The maximum atomic E-state index is 13.6. The smallest absolute Gasteiger partial charge is 0.340 e. The normalized spacial score (nSPS) is 15.6. The number of para-hydroxylation sites is 1. The number of methoxy groups -OCH3 is 1. The molecule has 202 valence electrons. The van der Waals surface area contributed by atoms with Gasteiger partial charge in [-0.25, -0.2) is 14.8 Å².